The Kier molecular flexibility index (Phi) is 2.43. The van der Waals surface area contributed by atoms with Gasteiger partial charge in [-0.2, -0.15) is 0 Å². The Balaban J connectivity index is 2.05. The molecule has 3 fully saturated rings. The van der Waals surface area contributed by atoms with E-state index in [9.17, 15) is 9.59 Å². The normalized spacial score (nSPS) is 41.9. The highest BCUT2D eigenvalue weighted by Gasteiger charge is 2.69. The molecule has 0 aromatic heterocycles. The van der Waals surface area contributed by atoms with Crippen LogP contribution in [-0.4, -0.2) is 29.6 Å². The van der Waals surface area contributed by atoms with E-state index in [1.807, 2.05) is 0 Å². The SMILES string of the molecule is C=C1[C@@H]2CCC[C@@]23CCC(=O)[C@]1(C(=O)OCC)O3. The number of ketones is 1. The van der Waals surface area contributed by atoms with E-state index in [-0.39, 0.29) is 23.9 Å². The lowest BCUT2D eigenvalue weighted by Gasteiger charge is -2.36. The van der Waals surface area contributed by atoms with Crippen LogP contribution >= 0.6 is 0 Å². The van der Waals surface area contributed by atoms with Gasteiger partial charge in [0.2, 0.25) is 5.60 Å². The largest absolute Gasteiger partial charge is 0.463 e. The molecule has 0 aromatic rings. The van der Waals surface area contributed by atoms with Gasteiger partial charge in [0.1, 0.15) is 0 Å². The molecule has 3 aliphatic rings. The lowest BCUT2D eigenvalue weighted by molar-refractivity contribution is -0.189. The highest BCUT2D eigenvalue weighted by atomic mass is 16.6. The number of hydrogen-bond acceptors (Lipinski definition) is 4. The molecule has 0 radical (unpaired) electrons. The third kappa shape index (κ3) is 1.19. The molecule has 0 amide bonds. The molecule has 1 saturated carbocycles. The van der Waals surface area contributed by atoms with Gasteiger partial charge in [0.05, 0.1) is 12.2 Å². The predicted octanol–water partition coefficient (Wildman–Crippen LogP) is 1.78. The van der Waals surface area contributed by atoms with E-state index < -0.39 is 11.6 Å². The first-order valence-corrected chi connectivity index (χ1v) is 6.67. The van der Waals surface area contributed by atoms with Crippen LogP contribution in [0.15, 0.2) is 12.2 Å². The van der Waals surface area contributed by atoms with Crippen molar-refractivity contribution in [3.8, 4) is 0 Å². The molecule has 2 bridgehead atoms. The fraction of sp³-hybridized carbons (Fsp3) is 0.714. The number of carbonyl (C=O) groups is 2. The number of ether oxygens (including phenoxy) is 2. The van der Waals surface area contributed by atoms with Gasteiger partial charge < -0.3 is 9.47 Å². The Labute approximate surface area is 106 Å². The van der Waals surface area contributed by atoms with E-state index in [1.165, 1.54) is 0 Å². The standard InChI is InChI=1S/C14H18O4/c1-3-17-12(16)14-9(2)10-5-4-7-13(10,18-14)8-6-11(14)15/h10H,2-8H2,1H3/t10-,13+,14+/m0/s1. The molecule has 2 heterocycles. The van der Waals surface area contributed by atoms with Crippen LogP contribution in [0.1, 0.15) is 39.0 Å². The molecule has 1 spiro atoms. The van der Waals surface area contributed by atoms with E-state index in [0.717, 1.165) is 25.7 Å². The molecule has 4 heteroatoms. The second-order valence-corrected chi connectivity index (χ2v) is 5.46. The molecule has 2 saturated heterocycles. The lowest BCUT2D eigenvalue weighted by Crippen LogP contribution is -2.53. The summed E-state index contributed by atoms with van der Waals surface area (Å²) in [5, 5.41) is 0. The minimum atomic E-state index is -1.49. The Hall–Kier alpha value is -1.16. The van der Waals surface area contributed by atoms with Crippen molar-refractivity contribution in [1.29, 1.82) is 0 Å². The van der Waals surface area contributed by atoms with Gasteiger partial charge in [-0.1, -0.05) is 6.58 Å². The van der Waals surface area contributed by atoms with Crippen molar-refractivity contribution >= 4 is 11.8 Å². The van der Waals surface area contributed by atoms with E-state index in [0.29, 0.717) is 12.0 Å². The van der Waals surface area contributed by atoms with Crippen LogP contribution in [0.3, 0.4) is 0 Å². The molecule has 3 atom stereocenters. The van der Waals surface area contributed by atoms with Crippen LogP contribution in [0.2, 0.25) is 0 Å². The summed E-state index contributed by atoms with van der Waals surface area (Å²) >= 11 is 0. The summed E-state index contributed by atoms with van der Waals surface area (Å²) in [6, 6.07) is 0. The van der Waals surface area contributed by atoms with Crippen molar-refractivity contribution < 1.29 is 19.1 Å². The van der Waals surface area contributed by atoms with Crippen LogP contribution in [0.25, 0.3) is 0 Å². The maximum absolute atomic E-state index is 12.2. The third-order valence-corrected chi connectivity index (χ3v) is 4.69. The van der Waals surface area contributed by atoms with Gasteiger partial charge in [-0.3, -0.25) is 4.79 Å². The molecule has 4 nitrogen and oxygen atoms in total. The van der Waals surface area contributed by atoms with Crippen molar-refractivity contribution in [3.63, 3.8) is 0 Å². The Morgan fingerprint density at radius 2 is 2.33 bits per heavy atom. The van der Waals surface area contributed by atoms with Crippen LogP contribution in [-0.2, 0) is 19.1 Å². The number of fused-ring (bicyclic) bond motifs is 1. The van der Waals surface area contributed by atoms with Crippen LogP contribution in [0.5, 0.6) is 0 Å². The molecule has 0 aromatic carbocycles. The van der Waals surface area contributed by atoms with Crippen molar-refractivity contribution in [1.82, 2.24) is 0 Å². The van der Waals surface area contributed by atoms with Crippen LogP contribution in [0, 0.1) is 5.92 Å². The van der Waals surface area contributed by atoms with Gasteiger partial charge in [-0.15, -0.1) is 0 Å². The average molecular weight is 250 g/mol. The molecule has 1 aliphatic carbocycles. The molecular formula is C14H18O4. The smallest absolute Gasteiger partial charge is 0.350 e. The van der Waals surface area contributed by atoms with Gasteiger partial charge in [-0.25, -0.2) is 4.79 Å². The highest BCUT2D eigenvalue weighted by Crippen LogP contribution is 2.60. The number of hydrogen-bond donors (Lipinski definition) is 0. The minimum Gasteiger partial charge on any atom is -0.463 e. The zero-order valence-electron chi connectivity index (χ0n) is 10.7. The predicted molar refractivity (Wildman–Crippen MR) is 63.9 cm³/mol. The first-order chi connectivity index (χ1) is 8.57. The average Bonchev–Trinajstić information content (AvgIpc) is 2.82. The topological polar surface area (TPSA) is 52.6 Å². The van der Waals surface area contributed by atoms with E-state index in [4.69, 9.17) is 9.47 Å². The van der Waals surface area contributed by atoms with E-state index >= 15 is 0 Å². The second-order valence-electron chi connectivity index (χ2n) is 5.46. The van der Waals surface area contributed by atoms with Crippen molar-refractivity contribution in [2.75, 3.05) is 6.61 Å². The number of esters is 1. The van der Waals surface area contributed by atoms with Gasteiger partial charge in [0, 0.05) is 12.3 Å². The lowest BCUT2D eigenvalue weighted by atomic mass is 9.84. The van der Waals surface area contributed by atoms with Crippen LogP contribution < -0.4 is 0 Å². The summed E-state index contributed by atoms with van der Waals surface area (Å²) in [5.74, 6) is -0.590. The summed E-state index contributed by atoms with van der Waals surface area (Å²) in [4.78, 5) is 24.4. The first kappa shape index (κ1) is 11.9. The number of carbonyl (C=O) groups excluding carboxylic acids is 2. The first-order valence-electron chi connectivity index (χ1n) is 6.67. The fourth-order valence-corrected chi connectivity index (χ4v) is 3.88. The summed E-state index contributed by atoms with van der Waals surface area (Å²) < 4.78 is 11.1. The van der Waals surface area contributed by atoms with Crippen molar-refractivity contribution in [3.05, 3.63) is 12.2 Å². The van der Waals surface area contributed by atoms with Crippen molar-refractivity contribution in [2.45, 2.75) is 50.2 Å². The van der Waals surface area contributed by atoms with E-state index in [2.05, 4.69) is 6.58 Å². The van der Waals surface area contributed by atoms with Crippen LogP contribution in [0.4, 0.5) is 0 Å². The molecule has 98 valence electrons. The zero-order valence-corrected chi connectivity index (χ0v) is 10.7. The Bertz CT molecular complexity index is 441. The maximum atomic E-state index is 12.2. The molecule has 2 aliphatic heterocycles. The van der Waals surface area contributed by atoms with Gasteiger partial charge in [0.15, 0.2) is 5.78 Å². The van der Waals surface area contributed by atoms with E-state index in [1.54, 1.807) is 6.92 Å². The molecule has 3 rings (SSSR count). The highest BCUT2D eigenvalue weighted by molar-refractivity contribution is 6.12. The maximum Gasteiger partial charge on any atom is 0.350 e. The fourth-order valence-electron chi connectivity index (χ4n) is 3.88. The van der Waals surface area contributed by atoms with Gasteiger partial charge >= 0.3 is 5.97 Å². The Morgan fingerprint density at radius 1 is 1.56 bits per heavy atom. The molecule has 18 heavy (non-hydrogen) atoms. The molecular weight excluding hydrogens is 232 g/mol. The zero-order chi connectivity index (χ0) is 13.0. The Morgan fingerprint density at radius 3 is 3.06 bits per heavy atom. The van der Waals surface area contributed by atoms with Gasteiger partial charge in [0.25, 0.3) is 0 Å². The summed E-state index contributed by atoms with van der Waals surface area (Å²) in [5.41, 5.74) is -1.17. The third-order valence-electron chi connectivity index (χ3n) is 4.69. The summed E-state index contributed by atoms with van der Waals surface area (Å²) in [6.07, 6.45) is 4.08. The number of Topliss-reactive ketones (excluding diaryl/α,β-unsaturated/α-hetero) is 1. The number of rotatable bonds is 2. The summed E-state index contributed by atoms with van der Waals surface area (Å²) in [6.45, 7) is 6.00. The molecule has 0 unspecified atom stereocenters. The van der Waals surface area contributed by atoms with Gasteiger partial charge in [-0.05, 0) is 38.2 Å². The minimum absolute atomic E-state index is 0.147. The molecule has 0 N–H and O–H groups in total. The monoisotopic (exact) mass is 250 g/mol. The van der Waals surface area contributed by atoms with Crippen molar-refractivity contribution in [2.24, 2.45) is 5.92 Å². The second kappa shape index (κ2) is 3.67. The summed E-state index contributed by atoms with van der Waals surface area (Å²) in [7, 11) is 0. The quantitative estimate of drug-likeness (QED) is 0.426.